The van der Waals surface area contributed by atoms with Gasteiger partial charge in [0.2, 0.25) is 0 Å². The van der Waals surface area contributed by atoms with E-state index in [9.17, 15) is 13.2 Å². The average Bonchev–Trinajstić information content (AvgIpc) is 2.16. The van der Waals surface area contributed by atoms with E-state index in [0.29, 0.717) is 12.8 Å². The fourth-order valence-electron chi connectivity index (χ4n) is 2.17. The molecule has 0 atom stereocenters. The van der Waals surface area contributed by atoms with Gasteiger partial charge in [-0.3, -0.25) is 0 Å². The summed E-state index contributed by atoms with van der Waals surface area (Å²) in [5.41, 5.74) is 4.68. The lowest BCUT2D eigenvalue weighted by Crippen LogP contribution is -2.43. The van der Waals surface area contributed by atoms with Crippen LogP contribution in [-0.2, 0) is 5.41 Å². The topological polar surface area (TPSA) is 26.0 Å². The van der Waals surface area contributed by atoms with E-state index in [1.165, 1.54) is 0 Å². The number of hydrogen-bond acceptors (Lipinski definition) is 1. The second-order valence-corrected chi connectivity index (χ2v) is 4.06. The molecule has 0 bridgehead atoms. The predicted molar refractivity (Wildman–Crippen MR) is 50.9 cm³/mol. The lowest BCUT2D eigenvalue weighted by Gasteiger charge is -2.41. The Morgan fingerprint density at radius 2 is 1.73 bits per heavy atom. The summed E-state index contributed by atoms with van der Waals surface area (Å²) in [6.45, 7) is 0.157. The van der Waals surface area contributed by atoms with Crippen LogP contribution in [0.1, 0.15) is 24.8 Å². The van der Waals surface area contributed by atoms with E-state index in [1.807, 2.05) is 0 Å². The van der Waals surface area contributed by atoms with Gasteiger partial charge < -0.3 is 5.73 Å². The summed E-state index contributed by atoms with van der Waals surface area (Å²) in [6, 6.07) is 1.76. The molecule has 4 heteroatoms. The van der Waals surface area contributed by atoms with Crippen LogP contribution in [0.2, 0.25) is 0 Å². The van der Waals surface area contributed by atoms with Gasteiger partial charge in [-0.1, -0.05) is 6.42 Å². The molecule has 82 valence electrons. The molecule has 15 heavy (non-hydrogen) atoms. The second-order valence-electron chi connectivity index (χ2n) is 4.06. The second kappa shape index (κ2) is 3.52. The molecule has 1 saturated carbocycles. The van der Waals surface area contributed by atoms with Gasteiger partial charge in [-0.25, -0.2) is 13.2 Å². The summed E-state index contributed by atoms with van der Waals surface area (Å²) in [5, 5.41) is 0. The van der Waals surface area contributed by atoms with Gasteiger partial charge in [0.05, 0.1) is 0 Å². The zero-order valence-corrected chi connectivity index (χ0v) is 8.19. The van der Waals surface area contributed by atoms with Crippen LogP contribution in [0.3, 0.4) is 0 Å². The Balaban J connectivity index is 2.55. The lowest BCUT2D eigenvalue weighted by molar-refractivity contribution is 0.232. The predicted octanol–water partition coefficient (Wildman–Crippen LogP) is 2.48. The number of hydrogen-bond donors (Lipinski definition) is 1. The van der Waals surface area contributed by atoms with E-state index in [1.54, 1.807) is 0 Å². The minimum atomic E-state index is -1.08. The van der Waals surface area contributed by atoms with Crippen LogP contribution in [0.5, 0.6) is 0 Å². The van der Waals surface area contributed by atoms with Crippen LogP contribution in [0.25, 0.3) is 0 Å². The van der Waals surface area contributed by atoms with Crippen molar-refractivity contribution in [3.63, 3.8) is 0 Å². The fraction of sp³-hybridized carbons (Fsp3) is 0.455. The third-order valence-electron chi connectivity index (χ3n) is 3.28. The van der Waals surface area contributed by atoms with Crippen molar-refractivity contribution in [3.05, 3.63) is 35.1 Å². The maximum atomic E-state index is 13.5. The quantitative estimate of drug-likeness (QED) is 0.753. The van der Waals surface area contributed by atoms with Crippen molar-refractivity contribution >= 4 is 0 Å². The van der Waals surface area contributed by atoms with E-state index in [0.717, 1.165) is 18.6 Å². The molecule has 0 heterocycles. The molecule has 1 nitrogen and oxygen atoms in total. The molecule has 2 N–H and O–H groups in total. The summed E-state index contributed by atoms with van der Waals surface area (Å²) in [6.07, 6.45) is 2.13. The van der Waals surface area contributed by atoms with Gasteiger partial charge in [-0.05, 0) is 25.0 Å². The van der Waals surface area contributed by atoms with Crippen molar-refractivity contribution in [1.82, 2.24) is 0 Å². The maximum Gasteiger partial charge on any atom is 0.165 e. The molecule has 1 aromatic rings. The molecule has 0 saturated heterocycles. The van der Waals surface area contributed by atoms with Crippen molar-refractivity contribution in [2.24, 2.45) is 5.73 Å². The molecule has 0 unspecified atom stereocenters. The van der Waals surface area contributed by atoms with E-state index >= 15 is 0 Å². The summed E-state index contributed by atoms with van der Waals surface area (Å²) in [7, 11) is 0. The van der Waals surface area contributed by atoms with E-state index in [4.69, 9.17) is 5.73 Å². The third-order valence-corrected chi connectivity index (χ3v) is 3.28. The SMILES string of the molecule is NCC1(c2c(F)ccc(F)c2F)CCC1. The Kier molecular flexibility index (Phi) is 2.46. The molecule has 1 aliphatic rings. The van der Waals surface area contributed by atoms with Gasteiger partial charge in [-0.15, -0.1) is 0 Å². The maximum absolute atomic E-state index is 13.5. The standard InChI is InChI=1S/C11H12F3N/c12-7-2-3-8(13)10(14)9(7)11(6-15)4-1-5-11/h2-3H,1,4-6,15H2. The van der Waals surface area contributed by atoms with Crippen LogP contribution < -0.4 is 5.73 Å². The molecule has 1 fully saturated rings. The highest BCUT2D eigenvalue weighted by atomic mass is 19.2. The van der Waals surface area contributed by atoms with Gasteiger partial charge in [0.1, 0.15) is 5.82 Å². The van der Waals surface area contributed by atoms with Gasteiger partial charge >= 0.3 is 0 Å². The highest BCUT2D eigenvalue weighted by molar-refractivity contribution is 5.32. The van der Waals surface area contributed by atoms with Crippen LogP contribution >= 0.6 is 0 Å². The minimum absolute atomic E-state index is 0.157. The zero-order valence-electron chi connectivity index (χ0n) is 8.19. The normalized spacial score (nSPS) is 18.7. The molecule has 1 aromatic carbocycles. The van der Waals surface area contributed by atoms with E-state index in [-0.39, 0.29) is 12.1 Å². The van der Waals surface area contributed by atoms with Crippen LogP contribution in [0, 0.1) is 17.5 Å². The summed E-state index contributed by atoms with van der Waals surface area (Å²) in [5.74, 6) is -2.79. The van der Waals surface area contributed by atoms with Gasteiger partial charge in [0, 0.05) is 17.5 Å². The van der Waals surface area contributed by atoms with Gasteiger partial charge in [-0.2, -0.15) is 0 Å². The number of halogens is 3. The average molecular weight is 215 g/mol. The van der Waals surface area contributed by atoms with Crippen LogP contribution in [0.15, 0.2) is 12.1 Å². The Morgan fingerprint density at radius 1 is 1.13 bits per heavy atom. The molecule has 2 rings (SSSR count). The van der Waals surface area contributed by atoms with Crippen molar-refractivity contribution in [1.29, 1.82) is 0 Å². The first-order valence-corrected chi connectivity index (χ1v) is 4.95. The number of nitrogens with two attached hydrogens (primary N) is 1. The van der Waals surface area contributed by atoms with E-state index in [2.05, 4.69) is 0 Å². The number of rotatable bonds is 2. The Morgan fingerprint density at radius 3 is 2.20 bits per heavy atom. The van der Waals surface area contributed by atoms with Crippen LogP contribution in [-0.4, -0.2) is 6.54 Å². The minimum Gasteiger partial charge on any atom is -0.330 e. The first kappa shape index (κ1) is 10.5. The van der Waals surface area contributed by atoms with Gasteiger partial charge in [0.25, 0.3) is 0 Å². The van der Waals surface area contributed by atoms with Crippen molar-refractivity contribution in [3.8, 4) is 0 Å². The highest BCUT2D eigenvalue weighted by Gasteiger charge is 2.42. The Labute approximate surface area is 86.1 Å². The lowest BCUT2D eigenvalue weighted by atomic mass is 9.64. The van der Waals surface area contributed by atoms with Crippen LogP contribution in [0.4, 0.5) is 13.2 Å². The molecule has 0 aromatic heterocycles. The Bertz CT molecular complexity index is 380. The monoisotopic (exact) mass is 215 g/mol. The molecule has 0 spiro atoms. The van der Waals surface area contributed by atoms with E-state index < -0.39 is 22.9 Å². The Hall–Kier alpha value is -1.03. The smallest absolute Gasteiger partial charge is 0.165 e. The zero-order chi connectivity index (χ0) is 11.1. The fourth-order valence-corrected chi connectivity index (χ4v) is 2.17. The summed E-state index contributed by atoms with van der Waals surface area (Å²) >= 11 is 0. The largest absolute Gasteiger partial charge is 0.330 e. The third kappa shape index (κ3) is 1.44. The summed E-state index contributed by atoms with van der Waals surface area (Å²) in [4.78, 5) is 0. The van der Waals surface area contributed by atoms with Crippen molar-refractivity contribution in [2.75, 3.05) is 6.54 Å². The van der Waals surface area contributed by atoms with Gasteiger partial charge in [0.15, 0.2) is 11.6 Å². The molecular weight excluding hydrogens is 203 g/mol. The number of benzene rings is 1. The first-order chi connectivity index (χ1) is 7.10. The molecule has 0 radical (unpaired) electrons. The summed E-state index contributed by atoms with van der Waals surface area (Å²) < 4.78 is 40.0. The van der Waals surface area contributed by atoms with Crippen molar-refractivity contribution < 1.29 is 13.2 Å². The first-order valence-electron chi connectivity index (χ1n) is 4.95. The molecule has 1 aliphatic carbocycles. The molecule has 0 amide bonds. The molecular formula is C11H12F3N. The van der Waals surface area contributed by atoms with Crippen molar-refractivity contribution in [2.45, 2.75) is 24.7 Å². The molecule has 0 aliphatic heterocycles. The highest BCUT2D eigenvalue weighted by Crippen LogP contribution is 2.45.